The number of nitrogens with zero attached hydrogens (tertiary/aromatic N) is 2. The lowest BCUT2D eigenvalue weighted by atomic mass is 10.0. The van der Waals surface area contributed by atoms with Crippen molar-refractivity contribution in [3.05, 3.63) is 30.1 Å². The summed E-state index contributed by atoms with van der Waals surface area (Å²) in [5, 5.41) is 0. The van der Waals surface area contributed by atoms with Crippen LogP contribution in [-0.4, -0.2) is 44.6 Å². The first-order valence-electron chi connectivity index (χ1n) is 7.32. The minimum absolute atomic E-state index is 0.0864. The van der Waals surface area contributed by atoms with E-state index in [-0.39, 0.29) is 24.2 Å². The molecular weight excluding hydrogens is 307 g/mol. The van der Waals surface area contributed by atoms with E-state index in [9.17, 15) is 17.6 Å². The molecule has 1 saturated heterocycles. The van der Waals surface area contributed by atoms with Gasteiger partial charge in [0.05, 0.1) is 11.9 Å². The quantitative estimate of drug-likeness (QED) is 0.849. The molecule has 1 aromatic carbocycles. The lowest BCUT2D eigenvalue weighted by molar-refractivity contribution is -0.132. The standard InChI is InChI=1S/C15H21FN2O3S/c1-12-7-5-6-10-17(12)15(19)11-18(22(2,20)21)14-9-4-3-8-13(14)16/h3-4,8-9,12H,5-7,10-11H2,1-2H3. The van der Waals surface area contributed by atoms with E-state index in [0.29, 0.717) is 6.54 Å². The van der Waals surface area contributed by atoms with Crippen molar-refractivity contribution in [3.8, 4) is 0 Å². The average molecular weight is 328 g/mol. The van der Waals surface area contributed by atoms with E-state index < -0.39 is 15.8 Å². The first kappa shape index (κ1) is 16.7. The van der Waals surface area contributed by atoms with Gasteiger partial charge in [0, 0.05) is 12.6 Å². The maximum Gasteiger partial charge on any atom is 0.243 e. The summed E-state index contributed by atoms with van der Waals surface area (Å²) in [5.41, 5.74) is -0.0944. The number of piperidine rings is 1. The molecule has 1 aromatic rings. The first-order valence-corrected chi connectivity index (χ1v) is 9.17. The van der Waals surface area contributed by atoms with Gasteiger partial charge in [0.25, 0.3) is 0 Å². The molecule has 2 rings (SSSR count). The number of rotatable bonds is 4. The molecule has 0 bridgehead atoms. The summed E-state index contributed by atoms with van der Waals surface area (Å²) in [6.45, 7) is 2.20. The molecule has 1 aliphatic heterocycles. The van der Waals surface area contributed by atoms with E-state index in [4.69, 9.17) is 0 Å². The summed E-state index contributed by atoms with van der Waals surface area (Å²) in [6.07, 6.45) is 3.86. The number of amides is 1. The average Bonchev–Trinajstić information content (AvgIpc) is 2.45. The number of anilines is 1. The van der Waals surface area contributed by atoms with Gasteiger partial charge in [-0.2, -0.15) is 0 Å². The lowest BCUT2D eigenvalue weighted by Gasteiger charge is -2.35. The van der Waals surface area contributed by atoms with Crippen molar-refractivity contribution in [1.29, 1.82) is 0 Å². The molecule has 22 heavy (non-hydrogen) atoms. The van der Waals surface area contributed by atoms with Crippen LogP contribution in [0.25, 0.3) is 0 Å². The third-order valence-corrected chi connectivity index (χ3v) is 5.05. The number of benzene rings is 1. The van der Waals surface area contributed by atoms with Gasteiger partial charge in [0.2, 0.25) is 15.9 Å². The zero-order valence-corrected chi connectivity index (χ0v) is 13.6. The summed E-state index contributed by atoms with van der Waals surface area (Å²) in [6, 6.07) is 5.66. The summed E-state index contributed by atoms with van der Waals surface area (Å²) in [7, 11) is -3.75. The van der Waals surface area contributed by atoms with Crippen LogP contribution in [0, 0.1) is 5.82 Å². The Kier molecular flexibility index (Phi) is 5.05. The highest BCUT2D eigenvalue weighted by molar-refractivity contribution is 7.92. The zero-order chi connectivity index (χ0) is 16.3. The summed E-state index contributed by atoms with van der Waals surface area (Å²) >= 11 is 0. The lowest BCUT2D eigenvalue weighted by Crippen LogP contribution is -2.48. The summed E-state index contributed by atoms with van der Waals surface area (Å²) in [5.74, 6) is -0.951. The van der Waals surface area contributed by atoms with Crippen LogP contribution in [0.2, 0.25) is 0 Å². The van der Waals surface area contributed by atoms with Gasteiger partial charge in [-0.3, -0.25) is 9.10 Å². The fourth-order valence-electron chi connectivity index (χ4n) is 2.72. The van der Waals surface area contributed by atoms with Gasteiger partial charge >= 0.3 is 0 Å². The van der Waals surface area contributed by atoms with Crippen LogP contribution < -0.4 is 4.31 Å². The molecule has 1 fully saturated rings. The molecule has 0 spiro atoms. The second-order valence-corrected chi connectivity index (χ2v) is 7.56. The van der Waals surface area contributed by atoms with Gasteiger partial charge in [-0.25, -0.2) is 12.8 Å². The van der Waals surface area contributed by atoms with Gasteiger partial charge in [0.15, 0.2) is 0 Å². The number of hydrogen-bond acceptors (Lipinski definition) is 3. The van der Waals surface area contributed by atoms with E-state index in [2.05, 4.69) is 0 Å². The van der Waals surface area contributed by atoms with Gasteiger partial charge in [-0.1, -0.05) is 12.1 Å². The molecule has 0 aliphatic carbocycles. The van der Waals surface area contributed by atoms with E-state index in [1.807, 2.05) is 6.92 Å². The van der Waals surface area contributed by atoms with E-state index in [1.165, 1.54) is 18.2 Å². The normalized spacial score (nSPS) is 19.0. The maximum absolute atomic E-state index is 13.9. The Hall–Kier alpha value is -1.63. The van der Waals surface area contributed by atoms with Crippen LogP contribution in [0.3, 0.4) is 0 Å². The summed E-state index contributed by atoms with van der Waals surface area (Å²) < 4.78 is 38.7. The second-order valence-electron chi connectivity index (χ2n) is 5.65. The first-order chi connectivity index (χ1) is 10.3. The predicted octanol–water partition coefficient (Wildman–Crippen LogP) is 1.99. The molecule has 7 heteroatoms. The van der Waals surface area contributed by atoms with Crippen LogP contribution in [-0.2, 0) is 14.8 Å². The molecule has 1 unspecified atom stereocenters. The van der Waals surface area contributed by atoms with Crippen molar-refractivity contribution in [2.45, 2.75) is 32.2 Å². The Morgan fingerprint density at radius 2 is 2.05 bits per heavy atom. The summed E-state index contributed by atoms with van der Waals surface area (Å²) in [4.78, 5) is 14.1. The number of likely N-dealkylation sites (tertiary alicyclic amines) is 1. The van der Waals surface area contributed by atoms with Crippen LogP contribution in [0.5, 0.6) is 0 Å². The van der Waals surface area contributed by atoms with Crippen molar-refractivity contribution in [2.24, 2.45) is 0 Å². The van der Waals surface area contributed by atoms with E-state index >= 15 is 0 Å². The number of carbonyl (C=O) groups is 1. The minimum atomic E-state index is -3.75. The Morgan fingerprint density at radius 1 is 1.36 bits per heavy atom. The van der Waals surface area contributed by atoms with Crippen LogP contribution in [0.15, 0.2) is 24.3 Å². The molecule has 5 nitrogen and oxygen atoms in total. The molecule has 1 aliphatic rings. The van der Waals surface area contributed by atoms with Crippen LogP contribution in [0.1, 0.15) is 26.2 Å². The number of carbonyl (C=O) groups excluding carboxylic acids is 1. The van der Waals surface area contributed by atoms with Crippen LogP contribution in [0.4, 0.5) is 10.1 Å². The van der Waals surface area contributed by atoms with Crippen molar-refractivity contribution in [3.63, 3.8) is 0 Å². The number of hydrogen-bond donors (Lipinski definition) is 0. The smallest absolute Gasteiger partial charge is 0.243 e. The predicted molar refractivity (Wildman–Crippen MR) is 83.6 cm³/mol. The highest BCUT2D eigenvalue weighted by Gasteiger charge is 2.29. The van der Waals surface area contributed by atoms with Gasteiger partial charge in [-0.15, -0.1) is 0 Å². The molecule has 0 aromatic heterocycles. The van der Waals surface area contributed by atoms with Gasteiger partial charge in [0.1, 0.15) is 12.4 Å². The molecule has 1 atom stereocenters. The topological polar surface area (TPSA) is 57.7 Å². The molecule has 122 valence electrons. The number of sulfonamides is 1. The second kappa shape index (κ2) is 6.64. The molecule has 1 amide bonds. The Bertz CT molecular complexity index is 648. The molecule has 0 radical (unpaired) electrons. The third kappa shape index (κ3) is 3.76. The Labute approximate surface area is 130 Å². The van der Waals surface area contributed by atoms with Crippen molar-refractivity contribution >= 4 is 21.6 Å². The van der Waals surface area contributed by atoms with E-state index in [0.717, 1.165) is 29.8 Å². The fraction of sp³-hybridized carbons (Fsp3) is 0.533. The highest BCUT2D eigenvalue weighted by Crippen LogP contribution is 2.23. The Morgan fingerprint density at radius 3 is 2.64 bits per heavy atom. The van der Waals surface area contributed by atoms with Gasteiger partial charge in [-0.05, 0) is 38.3 Å². The SMILES string of the molecule is CC1CCCCN1C(=O)CN(c1ccccc1F)S(C)(=O)=O. The van der Waals surface area contributed by atoms with Crippen molar-refractivity contribution < 1.29 is 17.6 Å². The van der Waals surface area contributed by atoms with Crippen molar-refractivity contribution in [1.82, 2.24) is 4.90 Å². The third-order valence-electron chi connectivity index (χ3n) is 3.92. The highest BCUT2D eigenvalue weighted by atomic mass is 32.2. The fourth-order valence-corrected chi connectivity index (χ4v) is 3.57. The number of halogens is 1. The zero-order valence-electron chi connectivity index (χ0n) is 12.8. The maximum atomic E-state index is 13.9. The molecule has 0 N–H and O–H groups in total. The minimum Gasteiger partial charge on any atom is -0.338 e. The number of para-hydroxylation sites is 1. The monoisotopic (exact) mass is 328 g/mol. The Balaban J connectivity index is 2.25. The van der Waals surface area contributed by atoms with E-state index in [1.54, 1.807) is 11.0 Å². The molecular formula is C15H21FN2O3S. The largest absolute Gasteiger partial charge is 0.338 e. The van der Waals surface area contributed by atoms with Crippen molar-refractivity contribution in [2.75, 3.05) is 23.7 Å². The van der Waals surface area contributed by atoms with Crippen LogP contribution >= 0.6 is 0 Å². The van der Waals surface area contributed by atoms with Gasteiger partial charge < -0.3 is 4.90 Å². The molecule has 1 heterocycles. The molecule has 0 saturated carbocycles.